The summed E-state index contributed by atoms with van der Waals surface area (Å²) in [4.78, 5) is 22.0. The largest absolute Gasteiger partial charge is 0.510 e. The number of carbonyl (C=O) groups excluding carboxylic acids is 1. The van der Waals surface area contributed by atoms with Crippen molar-refractivity contribution in [2.24, 2.45) is 0 Å². The fraction of sp³-hybridized carbons (Fsp3) is 0.400. The smallest absolute Gasteiger partial charge is 0.449 e. The molecule has 2 heterocycles. The first kappa shape index (κ1) is 12.6. The number of rotatable bonds is 1. The Morgan fingerprint density at radius 3 is 2.88 bits per heavy atom. The van der Waals surface area contributed by atoms with Gasteiger partial charge < -0.3 is 14.7 Å². The molecule has 0 bridgehead atoms. The number of carboxylic acid groups (broad SMARTS) is 1. The third kappa shape index (κ3) is 3.62. The van der Waals surface area contributed by atoms with Gasteiger partial charge in [0.1, 0.15) is 0 Å². The van der Waals surface area contributed by atoms with Crippen molar-refractivity contribution in [1.82, 2.24) is 4.90 Å². The van der Waals surface area contributed by atoms with Gasteiger partial charge in [0.05, 0.1) is 18.1 Å². The second kappa shape index (κ2) is 6.22. The standard InChI is InChI=1S/C6H7NOS.C4H6O3/c8-5-4-6-7(5)2-1-3-9-6;1-2-3-7-4(5)6/h1-2,6H,3-4H2;2-3H,1H3,(H,5,6)/b;3-2-/t6-;/m1./s1. The molecule has 6 heteroatoms. The topological polar surface area (TPSA) is 66.8 Å². The number of allylic oxidation sites excluding steroid dienone is 1. The van der Waals surface area contributed by atoms with Crippen molar-refractivity contribution < 1.29 is 19.4 Å². The predicted octanol–water partition coefficient (Wildman–Crippen LogP) is 2.02. The molecule has 0 radical (unpaired) electrons. The molecule has 1 atom stereocenters. The molecule has 0 saturated carbocycles. The van der Waals surface area contributed by atoms with E-state index in [0.29, 0.717) is 5.37 Å². The van der Waals surface area contributed by atoms with Crippen LogP contribution in [-0.4, -0.2) is 33.2 Å². The van der Waals surface area contributed by atoms with Crippen LogP contribution < -0.4 is 0 Å². The summed E-state index contributed by atoms with van der Waals surface area (Å²) in [5.41, 5.74) is 0. The van der Waals surface area contributed by atoms with Gasteiger partial charge in [-0.2, -0.15) is 0 Å². The van der Waals surface area contributed by atoms with E-state index >= 15 is 0 Å². The fourth-order valence-corrected chi connectivity index (χ4v) is 2.20. The zero-order valence-corrected chi connectivity index (χ0v) is 9.64. The number of amides is 1. The first-order chi connectivity index (χ1) is 7.65. The van der Waals surface area contributed by atoms with Crippen LogP contribution in [0.2, 0.25) is 0 Å². The highest BCUT2D eigenvalue weighted by atomic mass is 32.2. The Kier molecular flexibility index (Phi) is 4.91. The van der Waals surface area contributed by atoms with E-state index in [-0.39, 0.29) is 5.91 Å². The van der Waals surface area contributed by atoms with Crippen LogP contribution in [0.25, 0.3) is 0 Å². The van der Waals surface area contributed by atoms with Gasteiger partial charge in [-0.15, -0.1) is 11.8 Å². The van der Waals surface area contributed by atoms with Crippen molar-refractivity contribution in [1.29, 1.82) is 0 Å². The first-order valence-corrected chi connectivity index (χ1v) is 5.80. The second-order valence-corrected chi connectivity index (χ2v) is 4.24. The third-order valence-corrected chi connectivity index (χ3v) is 3.07. The summed E-state index contributed by atoms with van der Waals surface area (Å²) < 4.78 is 3.93. The zero-order valence-electron chi connectivity index (χ0n) is 8.83. The van der Waals surface area contributed by atoms with Crippen molar-refractivity contribution in [2.45, 2.75) is 18.7 Å². The lowest BCUT2D eigenvalue weighted by Crippen LogP contribution is -2.48. The van der Waals surface area contributed by atoms with E-state index in [1.165, 1.54) is 6.08 Å². The van der Waals surface area contributed by atoms with Gasteiger partial charge in [-0.1, -0.05) is 12.2 Å². The molecule has 0 spiro atoms. The summed E-state index contributed by atoms with van der Waals surface area (Å²) in [7, 11) is 0. The molecular weight excluding hydrogens is 230 g/mol. The Hall–Kier alpha value is -1.43. The van der Waals surface area contributed by atoms with Gasteiger partial charge in [-0.3, -0.25) is 4.79 Å². The van der Waals surface area contributed by atoms with Gasteiger partial charge in [0.2, 0.25) is 5.91 Å². The van der Waals surface area contributed by atoms with Gasteiger partial charge in [-0.25, -0.2) is 4.79 Å². The summed E-state index contributed by atoms with van der Waals surface area (Å²) in [5, 5.41) is 8.25. The van der Waals surface area contributed by atoms with Crippen LogP contribution in [0, 0.1) is 0 Å². The minimum absolute atomic E-state index is 0.267. The predicted molar refractivity (Wildman–Crippen MR) is 60.8 cm³/mol. The fourth-order valence-electron chi connectivity index (χ4n) is 1.17. The van der Waals surface area contributed by atoms with Crippen LogP contribution in [0.5, 0.6) is 0 Å². The monoisotopic (exact) mass is 243 g/mol. The average molecular weight is 243 g/mol. The van der Waals surface area contributed by atoms with Crippen molar-refractivity contribution in [3.8, 4) is 0 Å². The summed E-state index contributed by atoms with van der Waals surface area (Å²) in [5.74, 6) is 1.33. The number of nitrogens with zero attached hydrogens (tertiary/aromatic N) is 1. The van der Waals surface area contributed by atoms with E-state index in [1.807, 2.05) is 24.0 Å². The Morgan fingerprint density at radius 2 is 2.50 bits per heavy atom. The molecule has 2 aliphatic rings. The lowest BCUT2D eigenvalue weighted by Gasteiger charge is -2.39. The highest BCUT2D eigenvalue weighted by molar-refractivity contribution is 8.00. The van der Waals surface area contributed by atoms with E-state index in [9.17, 15) is 9.59 Å². The van der Waals surface area contributed by atoms with Crippen LogP contribution in [-0.2, 0) is 9.53 Å². The second-order valence-electron chi connectivity index (χ2n) is 3.03. The Morgan fingerprint density at radius 1 is 1.75 bits per heavy atom. The number of carbonyl (C=O) groups is 2. The summed E-state index contributed by atoms with van der Waals surface area (Å²) in [6.45, 7) is 1.67. The molecule has 16 heavy (non-hydrogen) atoms. The van der Waals surface area contributed by atoms with Gasteiger partial charge in [0.15, 0.2) is 0 Å². The van der Waals surface area contributed by atoms with Gasteiger partial charge in [0, 0.05) is 12.0 Å². The van der Waals surface area contributed by atoms with Crippen LogP contribution in [0.15, 0.2) is 24.6 Å². The molecule has 0 aromatic rings. The molecule has 1 amide bonds. The highest BCUT2D eigenvalue weighted by Crippen LogP contribution is 2.32. The maximum absolute atomic E-state index is 10.7. The molecule has 88 valence electrons. The summed E-state index contributed by atoms with van der Waals surface area (Å²) in [6.07, 6.45) is 5.98. The van der Waals surface area contributed by atoms with Crippen molar-refractivity contribution in [2.75, 3.05) is 5.75 Å². The first-order valence-electron chi connectivity index (χ1n) is 4.75. The molecule has 0 aromatic heterocycles. The number of ether oxygens (including phenoxy) is 1. The molecular formula is C10H13NO4S. The van der Waals surface area contributed by atoms with Crippen LogP contribution >= 0.6 is 11.8 Å². The summed E-state index contributed by atoms with van der Waals surface area (Å²) in [6, 6.07) is 0. The maximum Gasteiger partial charge on any atom is 0.510 e. The Balaban J connectivity index is 0.000000168. The Labute approximate surface area is 97.8 Å². The van der Waals surface area contributed by atoms with E-state index in [4.69, 9.17) is 5.11 Å². The van der Waals surface area contributed by atoms with Crippen LogP contribution in [0.1, 0.15) is 13.3 Å². The zero-order chi connectivity index (χ0) is 12.0. The lowest BCUT2D eigenvalue weighted by molar-refractivity contribution is -0.137. The average Bonchev–Trinajstić information content (AvgIpc) is 2.26. The number of thioether (sulfide) groups is 1. The van der Waals surface area contributed by atoms with Crippen LogP contribution in [0.3, 0.4) is 0 Å². The van der Waals surface area contributed by atoms with Gasteiger partial charge in [0.25, 0.3) is 0 Å². The third-order valence-electron chi connectivity index (χ3n) is 1.90. The highest BCUT2D eigenvalue weighted by Gasteiger charge is 2.35. The number of hydrogen-bond acceptors (Lipinski definition) is 4. The minimum atomic E-state index is -1.28. The van der Waals surface area contributed by atoms with Crippen molar-refractivity contribution in [3.05, 3.63) is 24.6 Å². The molecule has 1 saturated heterocycles. The maximum atomic E-state index is 10.7. The molecule has 2 rings (SSSR count). The van der Waals surface area contributed by atoms with E-state index < -0.39 is 6.16 Å². The van der Waals surface area contributed by atoms with Gasteiger partial charge in [-0.05, 0) is 6.92 Å². The molecule has 2 aliphatic heterocycles. The molecule has 1 N–H and O–H groups in total. The summed E-state index contributed by atoms with van der Waals surface area (Å²) >= 11 is 1.84. The SMILES string of the molecule is C/C=C\OC(=O)O.O=C1C[C@H]2SCC=CN12. The molecule has 1 fully saturated rings. The van der Waals surface area contributed by atoms with Crippen LogP contribution in [0.4, 0.5) is 4.79 Å². The van der Waals surface area contributed by atoms with Gasteiger partial charge >= 0.3 is 6.16 Å². The number of fused-ring (bicyclic) bond motifs is 1. The normalized spacial score (nSPS) is 21.9. The number of β-lactam (4-membered cyclic amide) rings is 1. The van der Waals surface area contributed by atoms with Crippen molar-refractivity contribution in [3.63, 3.8) is 0 Å². The number of hydrogen-bond donors (Lipinski definition) is 1. The van der Waals surface area contributed by atoms with E-state index in [2.05, 4.69) is 4.74 Å². The molecule has 0 aliphatic carbocycles. The molecule has 5 nitrogen and oxygen atoms in total. The van der Waals surface area contributed by atoms with E-state index in [0.717, 1.165) is 18.4 Å². The molecule has 0 aromatic carbocycles. The quantitative estimate of drug-likeness (QED) is 0.433. The minimum Gasteiger partial charge on any atom is -0.449 e. The van der Waals surface area contributed by atoms with E-state index in [1.54, 1.807) is 11.8 Å². The van der Waals surface area contributed by atoms with Crippen molar-refractivity contribution >= 4 is 23.8 Å². The Bertz CT molecular complexity index is 327. The molecule has 0 unspecified atom stereocenters. The lowest BCUT2D eigenvalue weighted by atomic mass is 10.2.